The van der Waals surface area contributed by atoms with Crippen LogP contribution in [-0.4, -0.2) is 24.5 Å². The van der Waals surface area contributed by atoms with Crippen LogP contribution in [0.4, 0.5) is 8.78 Å². The summed E-state index contributed by atoms with van der Waals surface area (Å²) in [5, 5.41) is 0. The fourth-order valence-electron chi connectivity index (χ4n) is 2.70. The van der Waals surface area contributed by atoms with Gasteiger partial charge in [0, 0.05) is 18.7 Å². The molecule has 0 aromatic heterocycles. The molecule has 1 aliphatic rings. The minimum Gasteiger partial charge on any atom is -0.330 e. The highest BCUT2D eigenvalue weighted by Crippen LogP contribution is 2.25. The lowest BCUT2D eigenvalue weighted by atomic mass is 9.94. The molecule has 1 unspecified atom stereocenters. The van der Waals surface area contributed by atoms with Gasteiger partial charge in [-0.1, -0.05) is 0 Å². The van der Waals surface area contributed by atoms with Gasteiger partial charge in [0.2, 0.25) is 0 Å². The predicted octanol–water partition coefficient (Wildman–Crippen LogP) is 3.29. The molecule has 1 aromatic rings. The predicted molar refractivity (Wildman–Crippen MR) is 75.7 cm³/mol. The maximum atomic E-state index is 13.9. The van der Waals surface area contributed by atoms with Crippen LogP contribution in [0.5, 0.6) is 0 Å². The van der Waals surface area contributed by atoms with Crippen molar-refractivity contribution in [2.75, 3.05) is 19.6 Å². The summed E-state index contributed by atoms with van der Waals surface area (Å²) < 4.78 is 28.0. The van der Waals surface area contributed by atoms with Crippen LogP contribution in [0.3, 0.4) is 0 Å². The molecule has 2 nitrogen and oxygen atoms in total. The smallest absolute Gasteiger partial charge is 0.144 e. The molecule has 1 heterocycles. The second-order valence-electron chi connectivity index (χ2n) is 5.14. The molecule has 1 aromatic carbocycles. The summed E-state index contributed by atoms with van der Waals surface area (Å²) in [5.74, 6) is -0.403. The third-order valence-corrected chi connectivity index (χ3v) is 4.31. The molecular formula is C14H19BrF2N2. The zero-order valence-electron chi connectivity index (χ0n) is 10.8. The van der Waals surface area contributed by atoms with Crippen LogP contribution in [0.2, 0.25) is 0 Å². The number of nitrogens with zero attached hydrogens (tertiary/aromatic N) is 1. The van der Waals surface area contributed by atoms with Crippen molar-refractivity contribution in [3.8, 4) is 0 Å². The van der Waals surface area contributed by atoms with Crippen molar-refractivity contribution in [3.05, 3.63) is 33.8 Å². The third-order valence-electron chi connectivity index (χ3n) is 3.70. The van der Waals surface area contributed by atoms with Gasteiger partial charge in [-0.2, -0.15) is 0 Å². The number of likely N-dealkylation sites (tertiary alicyclic amines) is 1. The fourth-order valence-corrected chi connectivity index (χ4v) is 3.08. The highest BCUT2D eigenvalue weighted by Gasteiger charge is 2.22. The van der Waals surface area contributed by atoms with Gasteiger partial charge in [0.25, 0.3) is 0 Å². The Kier molecular flexibility index (Phi) is 5.30. The van der Waals surface area contributed by atoms with E-state index in [2.05, 4.69) is 20.8 Å². The van der Waals surface area contributed by atoms with E-state index in [4.69, 9.17) is 5.73 Å². The average molecular weight is 333 g/mol. The van der Waals surface area contributed by atoms with E-state index in [1.807, 2.05) is 0 Å². The van der Waals surface area contributed by atoms with Crippen LogP contribution in [0.1, 0.15) is 24.8 Å². The van der Waals surface area contributed by atoms with E-state index in [0.29, 0.717) is 23.5 Å². The standard InChI is InChI=1S/C14H19BrF2N2/c15-12-3-4-13(16)11(14(12)17)9-19-7-1-2-10(8-19)5-6-18/h3-4,10H,1-2,5-9,18H2. The van der Waals surface area contributed by atoms with Crippen LogP contribution in [0.25, 0.3) is 0 Å². The molecule has 0 amide bonds. The van der Waals surface area contributed by atoms with Crippen LogP contribution >= 0.6 is 15.9 Å². The first-order valence-corrected chi connectivity index (χ1v) is 7.46. The Morgan fingerprint density at radius 2 is 2.16 bits per heavy atom. The van der Waals surface area contributed by atoms with Gasteiger partial charge in [0.05, 0.1) is 4.47 Å². The first-order valence-electron chi connectivity index (χ1n) is 6.66. The van der Waals surface area contributed by atoms with Crippen molar-refractivity contribution < 1.29 is 8.78 Å². The van der Waals surface area contributed by atoms with E-state index in [1.165, 1.54) is 12.1 Å². The second-order valence-corrected chi connectivity index (χ2v) is 6.00. The van der Waals surface area contributed by atoms with E-state index < -0.39 is 11.6 Å². The Morgan fingerprint density at radius 1 is 1.37 bits per heavy atom. The molecule has 19 heavy (non-hydrogen) atoms. The number of piperidine rings is 1. The maximum Gasteiger partial charge on any atom is 0.144 e. The quantitative estimate of drug-likeness (QED) is 0.857. The normalized spacial score (nSPS) is 20.7. The monoisotopic (exact) mass is 332 g/mol. The van der Waals surface area contributed by atoms with Crippen LogP contribution < -0.4 is 5.73 Å². The van der Waals surface area contributed by atoms with Gasteiger partial charge in [-0.15, -0.1) is 0 Å². The molecule has 5 heteroatoms. The molecule has 106 valence electrons. The molecule has 1 saturated heterocycles. The second kappa shape index (κ2) is 6.77. The van der Waals surface area contributed by atoms with Gasteiger partial charge in [0.1, 0.15) is 11.6 Å². The van der Waals surface area contributed by atoms with Crippen LogP contribution in [0.15, 0.2) is 16.6 Å². The average Bonchev–Trinajstić information content (AvgIpc) is 2.40. The minimum absolute atomic E-state index is 0.155. The van der Waals surface area contributed by atoms with Gasteiger partial charge in [-0.25, -0.2) is 8.78 Å². The van der Waals surface area contributed by atoms with Crippen molar-refractivity contribution in [2.24, 2.45) is 11.7 Å². The summed E-state index contributed by atoms with van der Waals surface area (Å²) in [6.45, 7) is 2.78. The number of halogens is 3. The lowest BCUT2D eigenvalue weighted by Crippen LogP contribution is -2.36. The third kappa shape index (κ3) is 3.74. The first-order chi connectivity index (χ1) is 9.11. The molecule has 0 aliphatic carbocycles. The van der Waals surface area contributed by atoms with E-state index in [1.54, 1.807) is 0 Å². The molecule has 1 fully saturated rings. The summed E-state index contributed by atoms with van der Waals surface area (Å²) in [4.78, 5) is 2.12. The summed E-state index contributed by atoms with van der Waals surface area (Å²) in [5.41, 5.74) is 5.74. The number of benzene rings is 1. The lowest BCUT2D eigenvalue weighted by Gasteiger charge is -2.32. The van der Waals surface area contributed by atoms with Gasteiger partial charge < -0.3 is 5.73 Å². The molecule has 2 rings (SSSR count). The number of hydrogen-bond donors (Lipinski definition) is 1. The molecule has 0 saturated carbocycles. The van der Waals surface area contributed by atoms with Crippen molar-refractivity contribution >= 4 is 15.9 Å². The van der Waals surface area contributed by atoms with E-state index in [0.717, 1.165) is 32.4 Å². The van der Waals surface area contributed by atoms with E-state index in [9.17, 15) is 8.78 Å². The highest BCUT2D eigenvalue weighted by atomic mass is 79.9. The zero-order chi connectivity index (χ0) is 13.8. The summed E-state index contributed by atoms with van der Waals surface area (Å²) in [6, 6.07) is 2.71. The van der Waals surface area contributed by atoms with E-state index in [-0.39, 0.29) is 5.56 Å². The fraction of sp³-hybridized carbons (Fsp3) is 0.571. The van der Waals surface area contributed by atoms with Gasteiger partial charge in [-0.3, -0.25) is 4.90 Å². The number of rotatable bonds is 4. The molecule has 0 spiro atoms. The summed E-state index contributed by atoms with van der Waals surface area (Å²) in [7, 11) is 0. The molecule has 0 bridgehead atoms. The summed E-state index contributed by atoms with van der Waals surface area (Å²) >= 11 is 3.11. The maximum absolute atomic E-state index is 13.9. The number of hydrogen-bond acceptors (Lipinski definition) is 2. The highest BCUT2D eigenvalue weighted by molar-refractivity contribution is 9.10. The van der Waals surface area contributed by atoms with Crippen molar-refractivity contribution in [1.82, 2.24) is 4.90 Å². The van der Waals surface area contributed by atoms with Crippen LogP contribution in [0, 0.1) is 17.6 Å². The summed E-state index contributed by atoms with van der Waals surface area (Å²) in [6.07, 6.45) is 3.22. The topological polar surface area (TPSA) is 29.3 Å². The number of nitrogens with two attached hydrogens (primary N) is 1. The van der Waals surface area contributed by atoms with E-state index >= 15 is 0 Å². The first kappa shape index (κ1) is 14.9. The Morgan fingerprint density at radius 3 is 2.89 bits per heavy atom. The molecule has 1 atom stereocenters. The SMILES string of the molecule is NCCC1CCCN(Cc2c(F)ccc(Br)c2F)C1. The Labute approximate surface area is 121 Å². The lowest BCUT2D eigenvalue weighted by molar-refractivity contribution is 0.159. The van der Waals surface area contributed by atoms with Gasteiger partial charge in [-0.05, 0) is 66.3 Å². The zero-order valence-corrected chi connectivity index (χ0v) is 12.4. The minimum atomic E-state index is -0.485. The Balaban J connectivity index is 2.06. The Hall–Kier alpha value is -0.520. The molecule has 0 radical (unpaired) electrons. The van der Waals surface area contributed by atoms with Crippen LogP contribution in [-0.2, 0) is 6.54 Å². The molecule has 1 aliphatic heterocycles. The van der Waals surface area contributed by atoms with Gasteiger partial charge in [0.15, 0.2) is 0 Å². The van der Waals surface area contributed by atoms with Gasteiger partial charge >= 0.3 is 0 Å². The largest absolute Gasteiger partial charge is 0.330 e. The molecule has 2 N–H and O–H groups in total. The van der Waals surface area contributed by atoms with Crippen molar-refractivity contribution in [2.45, 2.75) is 25.8 Å². The van der Waals surface area contributed by atoms with Crippen molar-refractivity contribution in [3.63, 3.8) is 0 Å². The molecular weight excluding hydrogens is 314 g/mol. The Bertz CT molecular complexity index is 438. The van der Waals surface area contributed by atoms with Crippen molar-refractivity contribution in [1.29, 1.82) is 0 Å².